The summed E-state index contributed by atoms with van der Waals surface area (Å²) >= 11 is 0. The normalized spacial score (nSPS) is 15.6. The molecule has 142 valence electrons. The molecule has 9 nitrogen and oxygen atoms in total. The van der Waals surface area contributed by atoms with Crippen LogP contribution >= 0.6 is 0 Å². The number of anilines is 1. The van der Waals surface area contributed by atoms with E-state index in [4.69, 9.17) is 19.9 Å². The summed E-state index contributed by atoms with van der Waals surface area (Å²) in [5, 5.41) is 2.79. The summed E-state index contributed by atoms with van der Waals surface area (Å²) in [6, 6.07) is 9.47. The molecule has 1 aromatic heterocycles. The van der Waals surface area contributed by atoms with Crippen LogP contribution in [0.5, 0.6) is 11.9 Å². The van der Waals surface area contributed by atoms with Crippen LogP contribution in [0, 0.1) is 0 Å². The summed E-state index contributed by atoms with van der Waals surface area (Å²) < 4.78 is 15.2. The first-order chi connectivity index (χ1) is 13.1. The van der Waals surface area contributed by atoms with E-state index in [0.29, 0.717) is 12.3 Å². The second-order valence-corrected chi connectivity index (χ2v) is 5.90. The molecule has 0 radical (unpaired) electrons. The molecule has 0 aliphatic carbocycles. The first-order valence-corrected chi connectivity index (χ1v) is 8.41. The standard InChI is InChI=1S/C18H21N5O4/c1-25-15-9-14(22-18(23-15)26-2)16(24)20-12-6-3-11(4-7-12)5-8-13-10-27-17(19)21-13/h3-4,6-7,9,13H,5,8,10H2,1-2H3,(H2,19,21)(H,20,24)/t13-/m0/s1. The van der Waals surface area contributed by atoms with Crippen molar-refractivity contribution in [3.05, 3.63) is 41.6 Å². The SMILES string of the molecule is COc1cc(C(=O)Nc2ccc(CC[C@H]3COC(N)=N3)cc2)nc(OC)n1. The molecule has 2 heterocycles. The van der Waals surface area contributed by atoms with Gasteiger partial charge in [-0.25, -0.2) is 4.99 Å². The zero-order valence-electron chi connectivity index (χ0n) is 15.1. The number of aromatic nitrogens is 2. The van der Waals surface area contributed by atoms with Crippen molar-refractivity contribution in [3.8, 4) is 11.9 Å². The van der Waals surface area contributed by atoms with Crippen molar-refractivity contribution >= 4 is 17.6 Å². The monoisotopic (exact) mass is 371 g/mol. The minimum atomic E-state index is -0.380. The van der Waals surface area contributed by atoms with Crippen LogP contribution in [0.15, 0.2) is 35.3 Å². The highest BCUT2D eigenvalue weighted by Gasteiger charge is 2.16. The number of carbonyl (C=O) groups excluding carboxylic acids is 1. The second kappa shape index (κ2) is 8.35. The molecule has 0 fully saturated rings. The van der Waals surface area contributed by atoms with Gasteiger partial charge >= 0.3 is 6.01 Å². The first kappa shape index (κ1) is 18.4. The van der Waals surface area contributed by atoms with E-state index in [-0.39, 0.29) is 35.6 Å². The lowest BCUT2D eigenvalue weighted by molar-refractivity contribution is 0.102. The molecule has 0 bridgehead atoms. The number of nitrogens with two attached hydrogens (primary N) is 1. The van der Waals surface area contributed by atoms with E-state index < -0.39 is 0 Å². The van der Waals surface area contributed by atoms with Gasteiger partial charge in [0, 0.05) is 11.8 Å². The predicted molar refractivity (Wildman–Crippen MR) is 99.2 cm³/mol. The Labute approximate surface area is 156 Å². The van der Waals surface area contributed by atoms with E-state index in [1.54, 1.807) is 0 Å². The summed E-state index contributed by atoms with van der Waals surface area (Å²) in [4.78, 5) is 24.6. The number of amidine groups is 1. The molecule has 1 amide bonds. The van der Waals surface area contributed by atoms with Gasteiger partial charge in [-0.2, -0.15) is 9.97 Å². The predicted octanol–water partition coefficient (Wildman–Crippen LogP) is 1.39. The molecule has 0 saturated carbocycles. The van der Waals surface area contributed by atoms with Gasteiger partial charge in [-0.1, -0.05) is 12.1 Å². The average molecular weight is 371 g/mol. The summed E-state index contributed by atoms with van der Waals surface area (Å²) in [6.45, 7) is 0.534. The third-order valence-corrected chi connectivity index (χ3v) is 4.02. The molecule has 0 saturated heterocycles. The van der Waals surface area contributed by atoms with Gasteiger partial charge in [0.25, 0.3) is 11.9 Å². The van der Waals surface area contributed by atoms with Crippen molar-refractivity contribution in [3.63, 3.8) is 0 Å². The fourth-order valence-electron chi connectivity index (χ4n) is 2.58. The number of benzene rings is 1. The van der Waals surface area contributed by atoms with Crippen molar-refractivity contribution in [2.45, 2.75) is 18.9 Å². The van der Waals surface area contributed by atoms with Crippen molar-refractivity contribution in [2.24, 2.45) is 10.7 Å². The molecule has 9 heteroatoms. The van der Waals surface area contributed by atoms with E-state index in [1.165, 1.54) is 20.3 Å². The summed E-state index contributed by atoms with van der Waals surface area (Å²) in [6.07, 6.45) is 1.70. The number of ether oxygens (including phenoxy) is 3. The fraction of sp³-hybridized carbons (Fsp3) is 0.333. The maximum absolute atomic E-state index is 12.4. The minimum absolute atomic E-state index is 0.0639. The van der Waals surface area contributed by atoms with E-state index >= 15 is 0 Å². The maximum atomic E-state index is 12.4. The molecule has 27 heavy (non-hydrogen) atoms. The molecule has 1 atom stereocenters. The molecule has 1 aliphatic rings. The lowest BCUT2D eigenvalue weighted by Gasteiger charge is -2.09. The van der Waals surface area contributed by atoms with Crippen molar-refractivity contribution < 1.29 is 19.0 Å². The number of hydrogen-bond acceptors (Lipinski definition) is 8. The smallest absolute Gasteiger partial charge is 0.320 e. The molecule has 3 rings (SSSR count). The summed E-state index contributed by atoms with van der Waals surface area (Å²) in [5.41, 5.74) is 7.46. The average Bonchev–Trinajstić information content (AvgIpc) is 3.12. The quantitative estimate of drug-likeness (QED) is 0.754. The van der Waals surface area contributed by atoms with Gasteiger partial charge in [-0.3, -0.25) is 4.79 Å². The number of nitrogens with zero attached hydrogens (tertiary/aromatic N) is 3. The Balaban J connectivity index is 1.60. The Kier molecular flexibility index (Phi) is 5.70. The molecule has 0 spiro atoms. The van der Waals surface area contributed by atoms with Crippen LogP contribution in [0.4, 0.5) is 5.69 Å². The van der Waals surface area contributed by atoms with Gasteiger partial charge in [-0.15, -0.1) is 0 Å². The Bertz CT molecular complexity index is 816. The van der Waals surface area contributed by atoms with E-state index in [2.05, 4.69) is 20.3 Å². The number of methoxy groups -OCH3 is 2. The number of aryl methyl sites for hydroxylation is 1. The molecular weight excluding hydrogens is 350 g/mol. The van der Waals surface area contributed by atoms with Crippen LogP contribution < -0.4 is 20.5 Å². The van der Waals surface area contributed by atoms with Crippen molar-refractivity contribution in [1.82, 2.24) is 9.97 Å². The number of amides is 1. The largest absolute Gasteiger partial charge is 0.481 e. The number of nitrogens with one attached hydrogen (secondary N) is 1. The number of hydrogen-bond donors (Lipinski definition) is 2. The first-order valence-electron chi connectivity index (χ1n) is 8.41. The van der Waals surface area contributed by atoms with Gasteiger partial charge < -0.3 is 25.3 Å². The van der Waals surface area contributed by atoms with Crippen LogP contribution in [0.1, 0.15) is 22.5 Å². The zero-order chi connectivity index (χ0) is 19.2. The molecule has 1 aromatic carbocycles. The molecule has 2 aromatic rings. The highest BCUT2D eigenvalue weighted by molar-refractivity contribution is 6.03. The van der Waals surface area contributed by atoms with E-state index in [1.807, 2.05) is 24.3 Å². The lowest BCUT2D eigenvalue weighted by atomic mass is 10.1. The summed E-state index contributed by atoms with van der Waals surface area (Å²) in [7, 11) is 2.88. The van der Waals surface area contributed by atoms with Gasteiger partial charge in [-0.05, 0) is 30.5 Å². The van der Waals surface area contributed by atoms with Gasteiger partial charge in [0.05, 0.1) is 20.3 Å². The molecule has 0 unspecified atom stereocenters. The van der Waals surface area contributed by atoms with Crippen LogP contribution in [0.3, 0.4) is 0 Å². The maximum Gasteiger partial charge on any atom is 0.320 e. The molecule has 1 aliphatic heterocycles. The van der Waals surface area contributed by atoms with Crippen LogP contribution in [0.25, 0.3) is 0 Å². The molecular formula is C18H21N5O4. The van der Waals surface area contributed by atoms with Crippen molar-refractivity contribution in [2.75, 3.05) is 26.1 Å². The second-order valence-electron chi connectivity index (χ2n) is 5.90. The Morgan fingerprint density at radius 2 is 2.04 bits per heavy atom. The number of carbonyl (C=O) groups is 1. The zero-order valence-corrected chi connectivity index (χ0v) is 15.1. The van der Waals surface area contributed by atoms with Crippen LogP contribution in [-0.4, -0.2) is 48.8 Å². The van der Waals surface area contributed by atoms with Gasteiger partial charge in [0.1, 0.15) is 12.3 Å². The van der Waals surface area contributed by atoms with Gasteiger partial charge in [0.15, 0.2) is 0 Å². The third-order valence-electron chi connectivity index (χ3n) is 4.02. The topological polar surface area (TPSA) is 121 Å². The van der Waals surface area contributed by atoms with Gasteiger partial charge in [0.2, 0.25) is 5.88 Å². The Morgan fingerprint density at radius 1 is 1.26 bits per heavy atom. The Morgan fingerprint density at radius 3 is 2.67 bits per heavy atom. The van der Waals surface area contributed by atoms with Crippen LogP contribution in [-0.2, 0) is 11.2 Å². The van der Waals surface area contributed by atoms with E-state index in [0.717, 1.165) is 18.4 Å². The van der Waals surface area contributed by atoms with E-state index in [9.17, 15) is 4.79 Å². The Hall–Kier alpha value is -3.36. The molecule has 3 N–H and O–H groups in total. The van der Waals surface area contributed by atoms with Crippen LogP contribution in [0.2, 0.25) is 0 Å². The number of aliphatic imine (C=N–C) groups is 1. The fourth-order valence-corrected chi connectivity index (χ4v) is 2.58. The number of rotatable bonds is 7. The highest BCUT2D eigenvalue weighted by atomic mass is 16.5. The highest BCUT2D eigenvalue weighted by Crippen LogP contribution is 2.17. The summed E-state index contributed by atoms with van der Waals surface area (Å²) in [5.74, 6) is -0.129. The third kappa shape index (κ3) is 4.84. The lowest BCUT2D eigenvalue weighted by Crippen LogP contribution is -2.15. The minimum Gasteiger partial charge on any atom is -0.481 e. The van der Waals surface area contributed by atoms with Crippen molar-refractivity contribution in [1.29, 1.82) is 0 Å².